The highest BCUT2D eigenvalue weighted by Gasteiger charge is 2.24. The molecule has 9 heteroatoms. The zero-order chi connectivity index (χ0) is 18.9. The number of aromatic amines is 1. The van der Waals surface area contributed by atoms with E-state index in [9.17, 15) is 4.79 Å². The van der Waals surface area contributed by atoms with Crippen LogP contribution in [0.4, 0.5) is 11.8 Å². The number of hydrogen-bond donors (Lipinski definition) is 3. The van der Waals surface area contributed by atoms with Crippen LogP contribution in [0.15, 0.2) is 29.1 Å². The number of anilines is 2. The van der Waals surface area contributed by atoms with E-state index in [1.54, 1.807) is 0 Å². The van der Waals surface area contributed by atoms with Crippen LogP contribution in [0.3, 0.4) is 0 Å². The fourth-order valence-electron chi connectivity index (χ4n) is 3.64. The summed E-state index contributed by atoms with van der Waals surface area (Å²) in [6, 6.07) is 8.18. The smallest absolute Gasteiger partial charge is 0.264 e. The van der Waals surface area contributed by atoms with Gasteiger partial charge >= 0.3 is 0 Å². The highest BCUT2D eigenvalue weighted by Crippen LogP contribution is 2.32. The number of fused-ring (bicyclic) bond motifs is 1. The molecule has 28 heavy (non-hydrogen) atoms. The molecule has 0 aliphatic carbocycles. The van der Waals surface area contributed by atoms with E-state index in [1.165, 1.54) is 11.3 Å². The third kappa shape index (κ3) is 3.36. The van der Waals surface area contributed by atoms with E-state index in [0.717, 1.165) is 29.7 Å². The largest absolute Gasteiger partial charge is 0.378 e. The number of benzene rings is 1. The number of para-hydroxylation sites is 1. The number of hydrogen-bond acceptors (Lipinski definition) is 8. The first-order valence-electron chi connectivity index (χ1n) is 9.58. The molecule has 3 N–H and O–H groups in total. The van der Waals surface area contributed by atoms with Crippen molar-refractivity contribution in [3.8, 4) is 10.6 Å². The van der Waals surface area contributed by atoms with Crippen LogP contribution in [0.5, 0.6) is 0 Å². The van der Waals surface area contributed by atoms with Gasteiger partial charge in [-0.1, -0.05) is 12.1 Å². The lowest BCUT2D eigenvalue weighted by molar-refractivity contribution is 0.122. The van der Waals surface area contributed by atoms with Gasteiger partial charge in [0.2, 0.25) is 5.95 Å². The molecule has 2 saturated heterocycles. The fraction of sp³-hybridized carbons (Fsp3) is 0.421. The number of thiazole rings is 1. The summed E-state index contributed by atoms with van der Waals surface area (Å²) in [5.41, 5.74) is 1.25. The number of rotatable bonds is 4. The average Bonchev–Trinajstić information content (AvgIpc) is 3.37. The molecule has 0 bridgehead atoms. The van der Waals surface area contributed by atoms with Crippen molar-refractivity contribution in [2.75, 3.05) is 49.6 Å². The molecule has 4 heterocycles. The van der Waals surface area contributed by atoms with Gasteiger partial charge in [-0.05, 0) is 25.1 Å². The van der Waals surface area contributed by atoms with Crippen LogP contribution >= 0.6 is 11.3 Å². The van der Waals surface area contributed by atoms with Crippen molar-refractivity contribution in [2.24, 2.45) is 0 Å². The second-order valence-corrected chi connectivity index (χ2v) is 8.06. The molecule has 2 aromatic heterocycles. The van der Waals surface area contributed by atoms with Crippen LogP contribution in [0.1, 0.15) is 6.42 Å². The summed E-state index contributed by atoms with van der Waals surface area (Å²) in [6.07, 6.45) is 1.00. The van der Waals surface area contributed by atoms with Crippen molar-refractivity contribution in [3.63, 3.8) is 0 Å². The van der Waals surface area contributed by atoms with Crippen LogP contribution in [-0.2, 0) is 4.74 Å². The van der Waals surface area contributed by atoms with Gasteiger partial charge in [0.05, 0.1) is 23.4 Å². The monoisotopic (exact) mass is 398 g/mol. The van der Waals surface area contributed by atoms with Crippen molar-refractivity contribution in [3.05, 3.63) is 34.6 Å². The quantitative estimate of drug-likeness (QED) is 0.615. The molecular weight excluding hydrogens is 376 g/mol. The lowest BCUT2D eigenvalue weighted by atomic mass is 10.2. The maximum atomic E-state index is 13.1. The maximum absolute atomic E-state index is 13.1. The van der Waals surface area contributed by atoms with Crippen molar-refractivity contribution in [1.82, 2.24) is 20.3 Å². The second-order valence-electron chi connectivity index (χ2n) is 7.03. The SMILES string of the molecule is O=c1[nH]c(N2CCOCC2)nc(N[C@H]2CCNC2)c1-c1nc2ccccc2s1. The Labute approximate surface area is 166 Å². The van der Waals surface area contributed by atoms with Crippen molar-refractivity contribution in [1.29, 1.82) is 0 Å². The van der Waals surface area contributed by atoms with Crippen LogP contribution in [-0.4, -0.2) is 60.4 Å². The van der Waals surface area contributed by atoms with Gasteiger partial charge < -0.3 is 20.3 Å². The normalized spacial score (nSPS) is 20.0. The Morgan fingerprint density at radius 1 is 1.21 bits per heavy atom. The molecule has 0 saturated carbocycles. The number of aromatic nitrogens is 3. The minimum Gasteiger partial charge on any atom is -0.378 e. The van der Waals surface area contributed by atoms with Gasteiger partial charge in [-0.25, -0.2) is 4.98 Å². The number of nitrogens with zero attached hydrogens (tertiary/aromatic N) is 3. The summed E-state index contributed by atoms with van der Waals surface area (Å²) in [6.45, 7) is 4.53. The predicted molar refractivity (Wildman–Crippen MR) is 111 cm³/mol. The summed E-state index contributed by atoms with van der Waals surface area (Å²) in [5, 5.41) is 7.53. The topological polar surface area (TPSA) is 95.2 Å². The molecule has 2 fully saturated rings. The Morgan fingerprint density at radius 2 is 2.07 bits per heavy atom. The third-order valence-corrected chi connectivity index (χ3v) is 6.18. The standard InChI is InChI=1S/C19H22N6O2S/c26-17-15(18-22-13-3-1-2-4-14(13)28-18)16(21-12-5-6-20-11-12)23-19(24-17)25-7-9-27-10-8-25/h1-4,12,20H,5-11H2,(H2,21,23,24,26)/t12-/m0/s1. The van der Waals surface area contributed by atoms with E-state index in [4.69, 9.17) is 14.7 Å². The predicted octanol–water partition coefficient (Wildman–Crippen LogP) is 1.66. The zero-order valence-corrected chi connectivity index (χ0v) is 16.2. The van der Waals surface area contributed by atoms with Crippen LogP contribution in [0.25, 0.3) is 20.8 Å². The average molecular weight is 398 g/mol. The molecule has 1 atom stereocenters. The van der Waals surface area contributed by atoms with Crippen molar-refractivity contribution in [2.45, 2.75) is 12.5 Å². The molecule has 0 spiro atoms. The Bertz CT molecular complexity index is 1000. The summed E-state index contributed by atoms with van der Waals surface area (Å²) in [7, 11) is 0. The first-order chi connectivity index (χ1) is 13.8. The molecular formula is C19H22N6O2S. The van der Waals surface area contributed by atoms with Gasteiger partial charge in [0.1, 0.15) is 16.4 Å². The highest BCUT2D eigenvalue weighted by atomic mass is 32.1. The molecule has 0 radical (unpaired) electrons. The molecule has 8 nitrogen and oxygen atoms in total. The molecule has 0 unspecified atom stereocenters. The number of nitrogens with one attached hydrogen (secondary N) is 3. The van der Waals surface area contributed by atoms with Gasteiger partial charge in [0.15, 0.2) is 0 Å². The Kier molecular flexibility index (Phi) is 4.71. The van der Waals surface area contributed by atoms with E-state index < -0.39 is 0 Å². The van der Waals surface area contributed by atoms with E-state index in [0.29, 0.717) is 48.6 Å². The summed E-state index contributed by atoms with van der Waals surface area (Å²) in [5.74, 6) is 1.20. The van der Waals surface area contributed by atoms with E-state index in [-0.39, 0.29) is 11.6 Å². The van der Waals surface area contributed by atoms with Crippen molar-refractivity contribution < 1.29 is 4.74 Å². The molecule has 2 aliphatic heterocycles. The maximum Gasteiger partial charge on any atom is 0.264 e. The molecule has 5 rings (SSSR count). The van der Waals surface area contributed by atoms with Gasteiger partial charge in [0, 0.05) is 25.7 Å². The van der Waals surface area contributed by atoms with Crippen molar-refractivity contribution >= 4 is 33.3 Å². The van der Waals surface area contributed by atoms with Gasteiger partial charge in [-0.15, -0.1) is 11.3 Å². The van der Waals surface area contributed by atoms with E-state index in [1.807, 2.05) is 24.3 Å². The molecule has 0 amide bonds. The Hall–Kier alpha value is -2.49. The minimum atomic E-state index is -0.163. The third-order valence-electron chi connectivity index (χ3n) is 5.13. The van der Waals surface area contributed by atoms with Gasteiger partial charge in [-0.3, -0.25) is 9.78 Å². The minimum absolute atomic E-state index is 0.163. The van der Waals surface area contributed by atoms with Crippen LogP contribution in [0, 0.1) is 0 Å². The molecule has 1 aromatic carbocycles. The zero-order valence-electron chi connectivity index (χ0n) is 15.4. The number of H-pyrrole nitrogens is 1. The number of morpholine rings is 1. The first-order valence-corrected chi connectivity index (χ1v) is 10.4. The molecule has 3 aromatic rings. The lowest BCUT2D eigenvalue weighted by Gasteiger charge is -2.28. The van der Waals surface area contributed by atoms with Crippen LogP contribution < -0.4 is 21.1 Å². The fourth-order valence-corrected chi connectivity index (χ4v) is 4.65. The van der Waals surface area contributed by atoms with E-state index >= 15 is 0 Å². The second kappa shape index (κ2) is 7.50. The highest BCUT2D eigenvalue weighted by molar-refractivity contribution is 7.21. The van der Waals surface area contributed by atoms with Crippen LogP contribution in [0.2, 0.25) is 0 Å². The summed E-state index contributed by atoms with van der Waals surface area (Å²) < 4.78 is 6.48. The first kappa shape index (κ1) is 17.6. The lowest BCUT2D eigenvalue weighted by Crippen LogP contribution is -2.38. The number of ether oxygens (including phenoxy) is 1. The Balaban J connectivity index is 1.60. The summed E-state index contributed by atoms with van der Waals surface area (Å²) in [4.78, 5) is 27.6. The Morgan fingerprint density at radius 3 is 2.86 bits per heavy atom. The van der Waals surface area contributed by atoms with Gasteiger partial charge in [-0.2, -0.15) is 4.98 Å². The van der Waals surface area contributed by atoms with Gasteiger partial charge in [0.25, 0.3) is 5.56 Å². The summed E-state index contributed by atoms with van der Waals surface area (Å²) >= 11 is 1.52. The molecule has 2 aliphatic rings. The molecule has 146 valence electrons. The van der Waals surface area contributed by atoms with E-state index in [2.05, 4.69) is 20.5 Å².